The molecule has 1 amide bonds. The number of esters is 1. The molecule has 3 rings (SSSR count). The summed E-state index contributed by atoms with van der Waals surface area (Å²) in [6.07, 6.45) is 0. The maximum Gasteiger partial charge on any atom is 0.325 e. The van der Waals surface area contributed by atoms with Crippen LogP contribution in [-0.2, 0) is 20.9 Å². The van der Waals surface area contributed by atoms with Gasteiger partial charge in [-0.25, -0.2) is 0 Å². The Morgan fingerprint density at radius 2 is 2.00 bits per heavy atom. The zero-order valence-electron chi connectivity index (χ0n) is 13.6. The van der Waals surface area contributed by atoms with E-state index >= 15 is 0 Å². The summed E-state index contributed by atoms with van der Waals surface area (Å²) in [7, 11) is 0. The van der Waals surface area contributed by atoms with Gasteiger partial charge in [0.05, 0.1) is 4.88 Å². The maximum absolute atomic E-state index is 11.7. The molecule has 0 fully saturated rings. The van der Waals surface area contributed by atoms with Gasteiger partial charge in [-0.2, -0.15) is 4.98 Å². The van der Waals surface area contributed by atoms with Crippen molar-refractivity contribution in [2.45, 2.75) is 6.61 Å². The van der Waals surface area contributed by atoms with Crippen LogP contribution in [0.5, 0.6) is 5.75 Å². The zero-order valence-corrected chi connectivity index (χ0v) is 14.4. The molecule has 0 bridgehead atoms. The van der Waals surface area contributed by atoms with E-state index < -0.39 is 11.9 Å². The molecule has 8 nitrogen and oxygen atoms in total. The van der Waals surface area contributed by atoms with Crippen LogP contribution in [-0.4, -0.2) is 35.2 Å². The number of thiophene rings is 1. The number of carbonyl (C=O) groups excluding carboxylic acids is 2. The highest BCUT2D eigenvalue weighted by Gasteiger charge is 2.12. The molecule has 0 unspecified atom stereocenters. The van der Waals surface area contributed by atoms with Crippen LogP contribution in [0.25, 0.3) is 10.7 Å². The van der Waals surface area contributed by atoms with Crippen LogP contribution in [0, 0.1) is 0 Å². The first kappa shape index (κ1) is 17.6. The van der Waals surface area contributed by atoms with Crippen molar-refractivity contribution >= 4 is 23.2 Å². The summed E-state index contributed by atoms with van der Waals surface area (Å²) < 4.78 is 15.3. The fourth-order valence-electron chi connectivity index (χ4n) is 1.90. The number of hydrogen-bond donors (Lipinski definition) is 1. The molecule has 2 heterocycles. The number of rotatable bonds is 8. The van der Waals surface area contributed by atoms with E-state index in [1.807, 2.05) is 23.6 Å². The first-order valence-corrected chi connectivity index (χ1v) is 8.55. The summed E-state index contributed by atoms with van der Waals surface area (Å²) in [5.41, 5.74) is 0. The highest BCUT2D eigenvalue weighted by Crippen LogP contribution is 2.21. The number of amides is 1. The molecular formula is C17H15N3O5S. The van der Waals surface area contributed by atoms with E-state index in [9.17, 15) is 9.59 Å². The van der Waals surface area contributed by atoms with Crippen molar-refractivity contribution in [1.29, 1.82) is 0 Å². The van der Waals surface area contributed by atoms with Crippen molar-refractivity contribution in [2.24, 2.45) is 0 Å². The van der Waals surface area contributed by atoms with Crippen LogP contribution in [0.15, 0.2) is 52.4 Å². The third kappa shape index (κ3) is 5.15. The predicted molar refractivity (Wildman–Crippen MR) is 92.4 cm³/mol. The van der Waals surface area contributed by atoms with E-state index in [1.165, 1.54) is 11.3 Å². The summed E-state index contributed by atoms with van der Waals surface area (Å²) in [6.45, 7) is -0.623. The second-order valence-electron chi connectivity index (χ2n) is 5.03. The molecule has 0 aliphatic heterocycles. The van der Waals surface area contributed by atoms with E-state index in [4.69, 9.17) is 14.0 Å². The van der Waals surface area contributed by atoms with Crippen LogP contribution < -0.4 is 10.1 Å². The van der Waals surface area contributed by atoms with Crippen molar-refractivity contribution < 1.29 is 23.6 Å². The largest absolute Gasteiger partial charge is 0.484 e. The van der Waals surface area contributed by atoms with Crippen LogP contribution in [0.2, 0.25) is 0 Å². The lowest BCUT2D eigenvalue weighted by Gasteiger charge is -2.07. The number of ether oxygens (including phenoxy) is 2. The van der Waals surface area contributed by atoms with Crippen molar-refractivity contribution in [2.75, 3.05) is 13.2 Å². The summed E-state index contributed by atoms with van der Waals surface area (Å²) in [4.78, 5) is 28.3. The molecule has 3 aromatic rings. The quantitative estimate of drug-likeness (QED) is 0.603. The van der Waals surface area contributed by atoms with Gasteiger partial charge in [0.25, 0.3) is 11.8 Å². The fraction of sp³-hybridized carbons (Fsp3) is 0.176. The van der Waals surface area contributed by atoms with Gasteiger partial charge in [0.2, 0.25) is 5.82 Å². The molecule has 0 atom stereocenters. The predicted octanol–water partition coefficient (Wildman–Crippen LogP) is 2.04. The molecule has 0 aliphatic rings. The van der Waals surface area contributed by atoms with Gasteiger partial charge < -0.3 is 19.3 Å². The average molecular weight is 373 g/mol. The third-order valence-corrected chi connectivity index (χ3v) is 3.98. The van der Waals surface area contributed by atoms with Gasteiger partial charge in [-0.3, -0.25) is 9.59 Å². The highest BCUT2D eigenvalue weighted by molar-refractivity contribution is 7.13. The Hall–Kier alpha value is -3.20. The van der Waals surface area contributed by atoms with E-state index in [0.717, 1.165) is 4.88 Å². The molecule has 9 heteroatoms. The number of benzene rings is 1. The van der Waals surface area contributed by atoms with Gasteiger partial charge in [-0.15, -0.1) is 11.3 Å². The van der Waals surface area contributed by atoms with Gasteiger partial charge in [0.15, 0.2) is 13.2 Å². The zero-order chi connectivity index (χ0) is 18.2. The van der Waals surface area contributed by atoms with Gasteiger partial charge >= 0.3 is 5.97 Å². The monoisotopic (exact) mass is 373 g/mol. The Labute approximate surface area is 152 Å². The minimum absolute atomic E-state index is 0.159. The SMILES string of the molecule is O=C(COc1ccccc1)NCC(=O)OCc1nc(-c2cccs2)no1. The van der Waals surface area contributed by atoms with Crippen LogP contribution in [0.4, 0.5) is 0 Å². The molecule has 0 saturated heterocycles. The van der Waals surface area contributed by atoms with E-state index in [0.29, 0.717) is 11.6 Å². The van der Waals surface area contributed by atoms with Crippen LogP contribution in [0.3, 0.4) is 0 Å². The van der Waals surface area contributed by atoms with Gasteiger partial charge in [0.1, 0.15) is 12.3 Å². The topological polar surface area (TPSA) is 104 Å². The van der Waals surface area contributed by atoms with E-state index in [-0.39, 0.29) is 25.6 Å². The molecular weight excluding hydrogens is 358 g/mol. The molecule has 1 aromatic carbocycles. The van der Waals surface area contributed by atoms with E-state index in [2.05, 4.69) is 15.5 Å². The van der Waals surface area contributed by atoms with Crippen molar-refractivity contribution in [3.8, 4) is 16.5 Å². The van der Waals surface area contributed by atoms with Gasteiger partial charge in [-0.1, -0.05) is 29.4 Å². The minimum atomic E-state index is -0.617. The second kappa shape index (κ2) is 8.77. The Bertz CT molecular complexity index is 848. The molecule has 134 valence electrons. The number of nitrogens with zero attached hydrogens (tertiary/aromatic N) is 2. The molecule has 0 aliphatic carbocycles. The Balaban J connectivity index is 1.36. The Morgan fingerprint density at radius 3 is 2.77 bits per heavy atom. The summed E-state index contributed by atoms with van der Waals surface area (Å²) in [5.74, 6) is 0.151. The molecule has 0 saturated carbocycles. The summed E-state index contributed by atoms with van der Waals surface area (Å²) in [6, 6.07) is 12.6. The number of aromatic nitrogens is 2. The third-order valence-electron chi connectivity index (χ3n) is 3.11. The highest BCUT2D eigenvalue weighted by atomic mass is 32.1. The molecule has 2 aromatic heterocycles. The van der Waals surface area contributed by atoms with E-state index in [1.54, 1.807) is 24.3 Å². The molecule has 0 spiro atoms. The first-order chi connectivity index (χ1) is 12.7. The van der Waals surface area contributed by atoms with Crippen molar-refractivity contribution in [3.63, 3.8) is 0 Å². The smallest absolute Gasteiger partial charge is 0.325 e. The van der Waals surface area contributed by atoms with Crippen molar-refractivity contribution in [1.82, 2.24) is 15.5 Å². The van der Waals surface area contributed by atoms with Gasteiger partial charge in [0, 0.05) is 0 Å². The second-order valence-corrected chi connectivity index (χ2v) is 5.98. The lowest BCUT2D eigenvalue weighted by molar-refractivity contribution is -0.146. The summed E-state index contributed by atoms with van der Waals surface area (Å²) >= 11 is 1.48. The maximum atomic E-state index is 11.7. The normalized spacial score (nSPS) is 10.3. The minimum Gasteiger partial charge on any atom is -0.484 e. The number of para-hydroxylation sites is 1. The van der Waals surface area contributed by atoms with Crippen molar-refractivity contribution in [3.05, 3.63) is 53.7 Å². The summed E-state index contributed by atoms with van der Waals surface area (Å²) in [5, 5.41) is 8.12. The Kier molecular flexibility index (Phi) is 5.94. The lowest BCUT2D eigenvalue weighted by atomic mass is 10.3. The van der Waals surface area contributed by atoms with Crippen LogP contribution in [0.1, 0.15) is 5.89 Å². The molecule has 26 heavy (non-hydrogen) atoms. The number of carbonyl (C=O) groups is 2. The molecule has 1 N–H and O–H groups in total. The lowest BCUT2D eigenvalue weighted by Crippen LogP contribution is -2.34. The van der Waals surface area contributed by atoms with Gasteiger partial charge in [-0.05, 0) is 23.6 Å². The first-order valence-electron chi connectivity index (χ1n) is 7.67. The number of nitrogens with one attached hydrogen (secondary N) is 1. The van der Waals surface area contributed by atoms with Crippen LogP contribution >= 0.6 is 11.3 Å². The average Bonchev–Trinajstić information content (AvgIpc) is 3.35. The number of hydrogen-bond acceptors (Lipinski definition) is 8. The standard InChI is InChI=1S/C17H15N3O5S/c21-14(10-23-12-5-2-1-3-6-12)18-9-16(22)24-11-15-19-17(20-25-15)13-7-4-8-26-13/h1-8H,9-11H2,(H,18,21). The molecule has 0 radical (unpaired) electrons. The fourth-order valence-corrected chi connectivity index (χ4v) is 2.55. The Morgan fingerprint density at radius 1 is 1.15 bits per heavy atom.